The molecule has 4 rings (SSSR count). The minimum atomic E-state index is -4.19. The molecule has 4 N–H and O–H groups in total. The van der Waals surface area contributed by atoms with Crippen LogP contribution in [-0.4, -0.2) is 50.7 Å². The molecule has 0 saturated carbocycles. The molecule has 3 unspecified atom stereocenters. The van der Waals surface area contributed by atoms with E-state index in [0.717, 1.165) is 49.4 Å². The summed E-state index contributed by atoms with van der Waals surface area (Å²) < 4.78 is 43.8. The van der Waals surface area contributed by atoms with Crippen LogP contribution in [0.2, 0.25) is 0 Å². The van der Waals surface area contributed by atoms with Crippen LogP contribution in [0.4, 0.5) is 18.9 Å². The lowest BCUT2D eigenvalue weighted by Gasteiger charge is -2.36. The van der Waals surface area contributed by atoms with Crippen molar-refractivity contribution in [2.24, 2.45) is 0 Å². The Kier molecular flexibility index (Phi) is 6.55. The topological polar surface area (TPSA) is 57.3 Å². The first-order valence-corrected chi connectivity index (χ1v) is 10.9. The van der Waals surface area contributed by atoms with Crippen LogP contribution in [0, 0.1) is 0 Å². The third kappa shape index (κ3) is 5.47. The van der Waals surface area contributed by atoms with Crippen molar-refractivity contribution in [1.29, 1.82) is 0 Å². The first-order chi connectivity index (χ1) is 14.4. The Hall–Kier alpha value is -1.77. The molecular weight excluding hydrogens is 393 g/mol. The van der Waals surface area contributed by atoms with Crippen LogP contribution in [0.25, 0.3) is 5.57 Å². The molecule has 0 spiro atoms. The fourth-order valence-corrected chi connectivity index (χ4v) is 4.69. The summed E-state index contributed by atoms with van der Waals surface area (Å²) in [7, 11) is 0. The van der Waals surface area contributed by atoms with Gasteiger partial charge in [0.15, 0.2) is 0 Å². The number of nitrogens with one attached hydrogen (secondary N) is 4. The van der Waals surface area contributed by atoms with Gasteiger partial charge in [-0.3, -0.25) is 5.32 Å². The van der Waals surface area contributed by atoms with Crippen molar-refractivity contribution < 1.29 is 17.9 Å². The molecule has 3 heterocycles. The van der Waals surface area contributed by atoms with Gasteiger partial charge < -0.3 is 20.7 Å². The van der Waals surface area contributed by atoms with Gasteiger partial charge in [0.25, 0.3) is 0 Å². The van der Waals surface area contributed by atoms with Gasteiger partial charge in [-0.05, 0) is 56.9 Å². The second-order valence-corrected chi connectivity index (χ2v) is 8.58. The van der Waals surface area contributed by atoms with E-state index in [1.807, 2.05) is 6.92 Å². The maximum atomic E-state index is 12.6. The summed E-state index contributed by atoms with van der Waals surface area (Å²) in [6.07, 6.45) is 2.22. The number of rotatable bonds is 5. The van der Waals surface area contributed by atoms with Crippen molar-refractivity contribution in [3.05, 3.63) is 29.3 Å². The van der Waals surface area contributed by atoms with Crippen LogP contribution in [0.5, 0.6) is 5.75 Å². The Bertz CT molecular complexity index is 780. The molecule has 0 radical (unpaired) electrons. The number of anilines is 1. The molecule has 1 saturated heterocycles. The lowest BCUT2D eigenvalue weighted by atomic mass is 9.95. The summed E-state index contributed by atoms with van der Waals surface area (Å²) in [4.78, 5) is 0. The number of hydrogen-bond acceptors (Lipinski definition) is 5. The summed E-state index contributed by atoms with van der Waals surface area (Å²) in [5.74, 6) is 0.989. The third-order valence-electron chi connectivity index (χ3n) is 6.00. The summed E-state index contributed by atoms with van der Waals surface area (Å²) in [6.45, 7) is 3.63. The summed E-state index contributed by atoms with van der Waals surface area (Å²) in [6, 6.07) is 4.23. The van der Waals surface area contributed by atoms with Gasteiger partial charge in [0.1, 0.15) is 5.75 Å². The minimum Gasteiger partial charge on any atom is -0.492 e. The number of benzene rings is 1. The van der Waals surface area contributed by atoms with Crippen LogP contribution < -0.4 is 26.0 Å². The molecule has 1 fully saturated rings. The summed E-state index contributed by atoms with van der Waals surface area (Å²) >= 11 is 0. The second kappa shape index (κ2) is 9.16. The fraction of sp³-hybridized carbons (Fsp3) is 0.636. The van der Waals surface area contributed by atoms with E-state index >= 15 is 0 Å². The average molecular weight is 425 g/mol. The first kappa shape index (κ1) is 21.5. The number of fused-ring (bicyclic) bond motifs is 1. The Morgan fingerprint density at radius 1 is 1.20 bits per heavy atom. The van der Waals surface area contributed by atoms with Crippen LogP contribution >= 0.6 is 0 Å². The van der Waals surface area contributed by atoms with E-state index in [2.05, 4.69) is 39.5 Å². The second-order valence-electron chi connectivity index (χ2n) is 8.58. The molecule has 3 atom stereocenters. The Labute approximate surface area is 175 Å². The molecule has 8 heteroatoms. The number of alkyl halides is 3. The predicted molar refractivity (Wildman–Crippen MR) is 113 cm³/mol. The average Bonchev–Trinajstić information content (AvgIpc) is 2.98. The van der Waals surface area contributed by atoms with Gasteiger partial charge in [0.2, 0.25) is 0 Å². The van der Waals surface area contributed by atoms with Gasteiger partial charge in [-0.1, -0.05) is 6.08 Å². The number of allylic oxidation sites excluding steroid dienone is 1. The maximum absolute atomic E-state index is 12.6. The van der Waals surface area contributed by atoms with Crippen molar-refractivity contribution >= 4 is 11.3 Å². The van der Waals surface area contributed by atoms with Crippen LogP contribution in [0.1, 0.15) is 43.7 Å². The van der Waals surface area contributed by atoms with Gasteiger partial charge in [0, 0.05) is 41.9 Å². The zero-order valence-corrected chi connectivity index (χ0v) is 17.4. The van der Waals surface area contributed by atoms with Gasteiger partial charge in [-0.15, -0.1) is 0 Å². The highest BCUT2D eigenvalue weighted by molar-refractivity contribution is 5.76. The molecule has 1 aromatic carbocycles. The van der Waals surface area contributed by atoms with Crippen LogP contribution in [-0.2, 0) is 6.42 Å². The SMILES string of the molecule is CC1CC(NCC(F)(F)F)CC(Nc2cc3c(c(C4=CCNCCC4)c2)OCC3)N1. The minimum absolute atomic E-state index is 0.0857. The smallest absolute Gasteiger partial charge is 0.401 e. The molecule has 0 bridgehead atoms. The molecule has 3 aliphatic rings. The highest BCUT2D eigenvalue weighted by Crippen LogP contribution is 2.39. The Morgan fingerprint density at radius 3 is 2.90 bits per heavy atom. The quantitative estimate of drug-likeness (QED) is 0.584. The van der Waals surface area contributed by atoms with Gasteiger partial charge in [-0.2, -0.15) is 13.2 Å². The van der Waals surface area contributed by atoms with Crippen molar-refractivity contribution in [3.63, 3.8) is 0 Å². The fourth-order valence-electron chi connectivity index (χ4n) is 4.69. The van der Waals surface area contributed by atoms with Crippen molar-refractivity contribution in [1.82, 2.24) is 16.0 Å². The molecule has 30 heavy (non-hydrogen) atoms. The monoisotopic (exact) mass is 424 g/mol. The maximum Gasteiger partial charge on any atom is 0.401 e. The van der Waals surface area contributed by atoms with E-state index in [-0.39, 0.29) is 18.2 Å². The van der Waals surface area contributed by atoms with E-state index in [0.29, 0.717) is 19.4 Å². The highest BCUT2D eigenvalue weighted by Gasteiger charge is 2.32. The van der Waals surface area contributed by atoms with E-state index in [4.69, 9.17) is 4.74 Å². The molecule has 1 aromatic rings. The lowest BCUT2D eigenvalue weighted by Crippen LogP contribution is -2.54. The van der Waals surface area contributed by atoms with E-state index in [1.165, 1.54) is 11.1 Å². The standard InChI is InChI=1S/C22H31F3N4O/c1-14-9-17(27-13-22(23,24)25)12-20(28-14)29-18-10-16-5-8-30-21(16)19(11-18)15-3-2-6-26-7-4-15/h4,10-11,14,17,20,26-29H,2-3,5-9,12-13H2,1H3. The lowest BCUT2D eigenvalue weighted by molar-refractivity contribution is -0.126. The molecule has 0 aliphatic carbocycles. The third-order valence-corrected chi connectivity index (χ3v) is 6.00. The van der Waals surface area contributed by atoms with Crippen molar-refractivity contribution in [3.8, 4) is 5.75 Å². The molecular formula is C22H31F3N4O. The zero-order chi connectivity index (χ0) is 21.1. The van der Waals surface area contributed by atoms with Gasteiger partial charge in [-0.25, -0.2) is 0 Å². The highest BCUT2D eigenvalue weighted by atomic mass is 19.4. The summed E-state index contributed by atoms with van der Waals surface area (Å²) in [5, 5.41) is 13.1. The molecule has 166 valence electrons. The number of piperidine rings is 1. The van der Waals surface area contributed by atoms with E-state index in [9.17, 15) is 13.2 Å². The first-order valence-electron chi connectivity index (χ1n) is 10.9. The predicted octanol–water partition coefficient (Wildman–Crippen LogP) is 3.42. The van der Waals surface area contributed by atoms with Crippen molar-refractivity contribution in [2.75, 3.05) is 31.6 Å². The van der Waals surface area contributed by atoms with Crippen LogP contribution in [0.3, 0.4) is 0 Å². The Morgan fingerprint density at radius 2 is 2.07 bits per heavy atom. The van der Waals surface area contributed by atoms with Gasteiger partial charge in [0.05, 0.1) is 19.3 Å². The molecule has 5 nitrogen and oxygen atoms in total. The van der Waals surface area contributed by atoms with E-state index in [1.54, 1.807) is 0 Å². The molecule has 0 aromatic heterocycles. The largest absolute Gasteiger partial charge is 0.492 e. The van der Waals surface area contributed by atoms with E-state index < -0.39 is 12.7 Å². The number of ether oxygens (including phenoxy) is 1. The van der Waals surface area contributed by atoms with Crippen LogP contribution in [0.15, 0.2) is 18.2 Å². The van der Waals surface area contributed by atoms with Gasteiger partial charge >= 0.3 is 6.18 Å². The number of halogens is 3. The normalized spacial score (nSPS) is 27.1. The van der Waals surface area contributed by atoms with Crippen molar-refractivity contribution in [2.45, 2.75) is 63.5 Å². The number of hydrogen-bond donors (Lipinski definition) is 4. The summed E-state index contributed by atoms with van der Waals surface area (Å²) in [5.41, 5.74) is 4.64. The zero-order valence-electron chi connectivity index (χ0n) is 17.4. The molecule has 0 amide bonds. The molecule has 3 aliphatic heterocycles. The Balaban J connectivity index is 1.50.